The summed E-state index contributed by atoms with van der Waals surface area (Å²) in [4.78, 5) is 11.8. The van der Waals surface area contributed by atoms with E-state index in [9.17, 15) is 9.90 Å². The van der Waals surface area contributed by atoms with Gasteiger partial charge in [-0.15, -0.1) is 10.2 Å². The van der Waals surface area contributed by atoms with Gasteiger partial charge in [-0.2, -0.15) is 0 Å². The average molecular weight is 390 g/mol. The van der Waals surface area contributed by atoms with Crippen LogP contribution in [-0.2, 0) is 20.8 Å². The highest BCUT2D eigenvalue weighted by molar-refractivity contribution is 7.80. The van der Waals surface area contributed by atoms with Crippen molar-refractivity contribution < 1.29 is 19.4 Å². The van der Waals surface area contributed by atoms with E-state index >= 15 is 0 Å². The van der Waals surface area contributed by atoms with E-state index in [-0.39, 0.29) is 35.9 Å². The summed E-state index contributed by atoms with van der Waals surface area (Å²) in [5, 5.41) is 22.6. The highest BCUT2D eigenvalue weighted by Gasteiger charge is 2.19. The van der Waals surface area contributed by atoms with Gasteiger partial charge < -0.3 is 19.9 Å². The van der Waals surface area contributed by atoms with E-state index in [0.717, 1.165) is 19.4 Å². The highest BCUT2D eigenvalue weighted by Crippen LogP contribution is 2.38. The van der Waals surface area contributed by atoms with E-state index in [1.54, 1.807) is 19.1 Å². The number of hydrogen-bond acceptors (Lipinski definition) is 6. The molecule has 0 aliphatic carbocycles. The van der Waals surface area contributed by atoms with Crippen LogP contribution in [0.25, 0.3) is 10.9 Å². The SMILES string of the molecule is CCOC(=O)Cn1c(O)c(N=NC(=S)NC[C@H]2CCCO2)c2ccccc21. The summed E-state index contributed by atoms with van der Waals surface area (Å²) in [6.45, 7) is 3.24. The molecular formula is C18H22N4O4S. The lowest BCUT2D eigenvalue weighted by Crippen LogP contribution is -2.29. The second-order valence-corrected chi connectivity index (χ2v) is 6.49. The van der Waals surface area contributed by atoms with Crippen LogP contribution in [0.1, 0.15) is 19.8 Å². The molecule has 144 valence electrons. The second kappa shape index (κ2) is 8.92. The van der Waals surface area contributed by atoms with E-state index in [1.165, 1.54) is 4.57 Å². The third kappa shape index (κ3) is 4.61. The number of carbonyl (C=O) groups is 1. The van der Waals surface area contributed by atoms with Crippen molar-refractivity contribution in [3.05, 3.63) is 24.3 Å². The summed E-state index contributed by atoms with van der Waals surface area (Å²) in [7, 11) is 0. The van der Waals surface area contributed by atoms with Crippen LogP contribution in [0.3, 0.4) is 0 Å². The smallest absolute Gasteiger partial charge is 0.326 e. The van der Waals surface area contributed by atoms with Crippen LogP contribution in [-0.4, -0.2) is 46.6 Å². The number of aromatic nitrogens is 1. The molecule has 0 bridgehead atoms. The zero-order chi connectivity index (χ0) is 19.2. The molecular weight excluding hydrogens is 368 g/mol. The number of para-hydroxylation sites is 1. The Morgan fingerprint density at radius 2 is 2.30 bits per heavy atom. The van der Waals surface area contributed by atoms with E-state index in [2.05, 4.69) is 15.5 Å². The molecule has 1 aliphatic heterocycles. The average Bonchev–Trinajstić information content (AvgIpc) is 3.26. The zero-order valence-electron chi connectivity index (χ0n) is 15.1. The quantitative estimate of drug-likeness (QED) is 0.447. The van der Waals surface area contributed by atoms with Crippen LogP contribution in [0.15, 0.2) is 34.5 Å². The fourth-order valence-electron chi connectivity index (χ4n) is 3.00. The Bertz CT molecular complexity index is 858. The van der Waals surface area contributed by atoms with Crippen molar-refractivity contribution in [3.8, 4) is 5.88 Å². The van der Waals surface area contributed by atoms with Crippen LogP contribution in [0, 0.1) is 0 Å². The van der Waals surface area contributed by atoms with Gasteiger partial charge in [0.05, 0.1) is 18.2 Å². The summed E-state index contributed by atoms with van der Waals surface area (Å²) >= 11 is 5.18. The Balaban J connectivity index is 1.78. The standard InChI is InChI=1S/C18H22N4O4S/c1-2-25-15(23)11-22-14-8-4-3-7-13(14)16(17(22)24)20-21-18(27)19-10-12-6-5-9-26-12/h3-4,7-8,12,24H,2,5-6,9-11H2,1H3,(H,19,27)/t12-/m1/s1. The van der Waals surface area contributed by atoms with Gasteiger partial charge in [-0.05, 0) is 38.0 Å². The maximum absolute atomic E-state index is 11.8. The minimum atomic E-state index is -0.439. The monoisotopic (exact) mass is 390 g/mol. The third-order valence-electron chi connectivity index (χ3n) is 4.26. The predicted molar refractivity (Wildman–Crippen MR) is 104 cm³/mol. The molecule has 2 N–H and O–H groups in total. The van der Waals surface area contributed by atoms with Gasteiger partial charge in [0.15, 0.2) is 5.69 Å². The van der Waals surface area contributed by atoms with Gasteiger partial charge in [-0.3, -0.25) is 9.36 Å². The van der Waals surface area contributed by atoms with E-state index in [4.69, 9.17) is 21.7 Å². The Hall–Kier alpha value is -2.52. The van der Waals surface area contributed by atoms with Gasteiger partial charge in [0.25, 0.3) is 0 Å². The number of hydrogen-bond donors (Lipinski definition) is 2. The van der Waals surface area contributed by atoms with Crippen molar-refractivity contribution in [1.29, 1.82) is 0 Å². The van der Waals surface area contributed by atoms with Gasteiger partial charge in [0.2, 0.25) is 11.0 Å². The molecule has 0 unspecified atom stereocenters. The van der Waals surface area contributed by atoms with Crippen molar-refractivity contribution in [2.45, 2.75) is 32.4 Å². The number of benzene rings is 1. The Kier molecular flexibility index (Phi) is 6.36. The number of ether oxygens (including phenoxy) is 2. The summed E-state index contributed by atoms with van der Waals surface area (Å²) in [6, 6.07) is 7.23. The van der Waals surface area contributed by atoms with Crippen LogP contribution >= 0.6 is 12.2 Å². The fraction of sp³-hybridized carbons (Fsp3) is 0.444. The fourth-order valence-corrected chi connectivity index (χ4v) is 3.13. The van der Waals surface area contributed by atoms with Crippen LogP contribution in [0.5, 0.6) is 5.88 Å². The van der Waals surface area contributed by atoms with E-state index in [0.29, 0.717) is 17.4 Å². The Morgan fingerprint density at radius 3 is 3.04 bits per heavy atom. The first-order valence-corrected chi connectivity index (χ1v) is 9.28. The molecule has 1 atom stereocenters. The summed E-state index contributed by atoms with van der Waals surface area (Å²) in [6.07, 6.45) is 2.18. The van der Waals surface area contributed by atoms with Crippen molar-refractivity contribution in [3.63, 3.8) is 0 Å². The number of azo groups is 1. The number of thiocarbonyl (C=S) groups is 1. The molecule has 1 aliphatic rings. The molecule has 2 aromatic rings. The Labute approximate surface area is 162 Å². The number of fused-ring (bicyclic) bond motifs is 1. The number of carbonyl (C=O) groups excluding carboxylic acids is 1. The molecule has 0 amide bonds. The minimum Gasteiger partial charge on any atom is -0.493 e. The molecule has 1 aromatic heterocycles. The Morgan fingerprint density at radius 1 is 1.48 bits per heavy atom. The van der Waals surface area contributed by atoms with Gasteiger partial charge in [-0.1, -0.05) is 18.2 Å². The third-order valence-corrected chi connectivity index (χ3v) is 4.48. The first kappa shape index (κ1) is 19.2. The molecule has 27 heavy (non-hydrogen) atoms. The molecule has 1 fully saturated rings. The van der Waals surface area contributed by atoms with Gasteiger partial charge in [0, 0.05) is 18.5 Å². The largest absolute Gasteiger partial charge is 0.493 e. The topological polar surface area (TPSA) is 97.4 Å². The lowest BCUT2D eigenvalue weighted by atomic mass is 10.2. The molecule has 8 nitrogen and oxygen atoms in total. The molecule has 3 rings (SSSR count). The van der Waals surface area contributed by atoms with Crippen molar-refractivity contribution in [2.24, 2.45) is 10.2 Å². The minimum absolute atomic E-state index is 0.114. The zero-order valence-corrected chi connectivity index (χ0v) is 15.9. The van der Waals surface area contributed by atoms with Gasteiger partial charge in [0.1, 0.15) is 6.54 Å². The maximum atomic E-state index is 11.8. The van der Waals surface area contributed by atoms with Crippen molar-refractivity contribution >= 4 is 39.9 Å². The molecule has 1 saturated heterocycles. The number of aromatic hydroxyl groups is 1. The van der Waals surface area contributed by atoms with E-state index < -0.39 is 5.97 Å². The molecule has 9 heteroatoms. The predicted octanol–water partition coefficient (Wildman–Crippen LogP) is 3.05. The molecule has 2 heterocycles. The summed E-state index contributed by atoms with van der Waals surface area (Å²) in [5.74, 6) is -0.597. The molecule has 0 radical (unpaired) electrons. The van der Waals surface area contributed by atoms with Gasteiger partial charge >= 0.3 is 5.97 Å². The highest BCUT2D eigenvalue weighted by atomic mass is 32.1. The van der Waals surface area contributed by atoms with Crippen molar-refractivity contribution in [1.82, 2.24) is 9.88 Å². The number of rotatable bonds is 6. The number of esters is 1. The lowest BCUT2D eigenvalue weighted by Gasteiger charge is -2.09. The molecule has 0 spiro atoms. The maximum Gasteiger partial charge on any atom is 0.326 e. The summed E-state index contributed by atoms with van der Waals surface area (Å²) < 4.78 is 11.9. The van der Waals surface area contributed by atoms with Crippen LogP contribution in [0.2, 0.25) is 0 Å². The molecule has 1 aromatic carbocycles. The van der Waals surface area contributed by atoms with Gasteiger partial charge in [-0.25, -0.2) is 0 Å². The second-order valence-electron chi connectivity index (χ2n) is 6.10. The number of nitrogens with zero attached hydrogens (tertiary/aromatic N) is 3. The number of nitrogens with one attached hydrogen (secondary N) is 1. The first-order valence-electron chi connectivity index (χ1n) is 8.87. The summed E-state index contributed by atoms with van der Waals surface area (Å²) in [5.41, 5.74) is 0.923. The van der Waals surface area contributed by atoms with Crippen LogP contribution in [0.4, 0.5) is 5.69 Å². The van der Waals surface area contributed by atoms with Crippen LogP contribution < -0.4 is 5.32 Å². The normalized spacial score (nSPS) is 16.9. The van der Waals surface area contributed by atoms with Crippen molar-refractivity contribution in [2.75, 3.05) is 19.8 Å². The lowest BCUT2D eigenvalue weighted by molar-refractivity contribution is -0.143. The first-order chi connectivity index (χ1) is 13.1. The van der Waals surface area contributed by atoms with E-state index in [1.807, 2.05) is 12.1 Å². The molecule has 0 saturated carbocycles.